The first-order valence-corrected chi connectivity index (χ1v) is 8.92. The van der Waals surface area contributed by atoms with Crippen LogP contribution in [-0.4, -0.2) is 35.6 Å². The zero-order valence-corrected chi connectivity index (χ0v) is 14.1. The molecule has 2 aliphatic rings. The normalized spacial score (nSPS) is 27.6. The molecule has 5 rings (SSSR count). The molecule has 0 N–H and O–H groups in total. The van der Waals surface area contributed by atoms with E-state index < -0.39 is 0 Å². The predicted octanol–water partition coefficient (Wildman–Crippen LogP) is 2.91. The Morgan fingerprint density at radius 1 is 1.04 bits per heavy atom. The van der Waals surface area contributed by atoms with E-state index in [0.717, 1.165) is 31.4 Å². The van der Waals surface area contributed by atoms with Crippen LogP contribution < -0.4 is 4.74 Å². The summed E-state index contributed by atoms with van der Waals surface area (Å²) in [5.74, 6) is 0.684. The minimum atomic E-state index is -0.292. The van der Waals surface area contributed by atoms with Crippen LogP contribution in [0.15, 0.2) is 43.2 Å². The molecule has 0 saturated heterocycles. The fourth-order valence-electron chi connectivity index (χ4n) is 3.72. The first-order chi connectivity index (χ1) is 12.7. The molecule has 0 amide bonds. The monoisotopic (exact) mass is 354 g/mol. The average molecular weight is 354 g/mol. The average Bonchev–Trinajstić information content (AvgIpc) is 3.22. The number of rotatable bonds is 5. The first kappa shape index (κ1) is 15.5. The fraction of sp³-hybridized carbons (Fsp3) is 0.444. The van der Waals surface area contributed by atoms with E-state index in [4.69, 9.17) is 4.74 Å². The van der Waals surface area contributed by atoms with Crippen LogP contribution in [0.25, 0.3) is 0 Å². The summed E-state index contributed by atoms with van der Waals surface area (Å²) in [6.45, 7) is 0. The lowest BCUT2D eigenvalue weighted by Crippen LogP contribution is -2.36. The largest absolute Gasteiger partial charge is 0.474 e. The van der Waals surface area contributed by atoms with E-state index in [-0.39, 0.29) is 18.0 Å². The standard InChI is InChI=1S/C18H19FN6O/c19-13-9-23-25(10-13)14-4-12(5-14)17-8-18(21-11-20-17)26-16-6-15(7-16)24-3-1-2-22-24/h1-3,8-12,14-16H,4-7H2. The van der Waals surface area contributed by atoms with Gasteiger partial charge in [-0.2, -0.15) is 10.2 Å². The van der Waals surface area contributed by atoms with Crippen LogP contribution in [0.1, 0.15) is 49.4 Å². The molecule has 0 radical (unpaired) electrons. The number of nitrogens with zero attached hydrogens (tertiary/aromatic N) is 6. The highest BCUT2D eigenvalue weighted by Gasteiger charge is 2.35. The molecule has 0 atom stereocenters. The highest BCUT2D eigenvalue weighted by molar-refractivity contribution is 5.20. The molecule has 134 valence electrons. The summed E-state index contributed by atoms with van der Waals surface area (Å²) in [5, 5.41) is 8.32. The molecule has 7 nitrogen and oxygen atoms in total. The third-order valence-electron chi connectivity index (χ3n) is 5.40. The molecule has 3 aromatic rings. The Kier molecular flexibility index (Phi) is 3.69. The maximum absolute atomic E-state index is 13.1. The summed E-state index contributed by atoms with van der Waals surface area (Å²) in [4.78, 5) is 8.64. The number of halogens is 1. The van der Waals surface area contributed by atoms with E-state index in [2.05, 4.69) is 20.2 Å². The van der Waals surface area contributed by atoms with Crippen molar-refractivity contribution in [1.82, 2.24) is 29.5 Å². The quantitative estimate of drug-likeness (QED) is 0.704. The Morgan fingerprint density at radius 2 is 1.88 bits per heavy atom. The minimum absolute atomic E-state index is 0.174. The lowest BCUT2D eigenvalue weighted by Gasteiger charge is -2.36. The van der Waals surface area contributed by atoms with Crippen molar-refractivity contribution in [2.24, 2.45) is 0 Å². The smallest absolute Gasteiger partial charge is 0.216 e. The molecular formula is C18H19FN6O. The van der Waals surface area contributed by atoms with Crippen molar-refractivity contribution in [2.75, 3.05) is 0 Å². The van der Waals surface area contributed by atoms with Gasteiger partial charge in [-0.15, -0.1) is 0 Å². The molecule has 0 unspecified atom stereocenters. The maximum atomic E-state index is 13.1. The van der Waals surface area contributed by atoms with Gasteiger partial charge in [-0.05, 0) is 18.9 Å². The molecule has 0 aliphatic heterocycles. The number of hydrogen-bond donors (Lipinski definition) is 0. The Bertz CT molecular complexity index is 883. The summed E-state index contributed by atoms with van der Waals surface area (Å²) in [6, 6.07) is 4.53. The SMILES string of the molecule is Fc1cnn(C2CC(c3cc(OC4CC(n5cccn5)C4)ncn3)C2)c1. The van der Waals surface area contributed by atoms with E-state index in [0.29, 0.717) is 17.8 Å². The Hall–Kier alpha value is -2.77. The summed E-state index contributed by atoms with van der Waals surface area (Å²) in [7, 11) is 0. The lowest BCUT2D eigenvalue weighted by molar-refractivity contribution is 0.0603. The molecule has 0 aromatic carbocycles. The van der Waals surface area contributed by atoms with Crippen molar-refractivity contribution in [2.45, 2.75) is 49.8 Å². The van der Waals surface area contributed by atoms with Crippen LogP contribution in [-0.2, 0) is 0 Å². The summed E-state index contributed by atoms with van der Waals surface area (Å²) >= 11 is 0. The topological polar surface area (TPSA) is 70.7 Å². The highest BCUT2D eigenvalue weighted by atomic mass is 19.1. The molecule has 0 bridgehead atoms. The van der Waals surface area contributed by atoms with E-state index >= 15 is 0 Å². The second-order valence-electron chi connectivity index (χ2n) is 7.09. The Labute approximate surface area is 149 Å². The van der Waals surface area contributed by atoms with E-state index in [1.165, 1.54) is 12.4 Å². The van der Waals surface area contributed by atoms with Crippen molar-refractivity contribution in [1.29, 1.82) is 0 Å². The predicted molar refractivity (Wildman–Crippen MR) is 90.1 cm³/mol. The molecule has 2 fully saturated rings. The zero-order chi connectivity index (χ0) is 17.5. The third kappa shape index (κ3) is 2.85. The zero-order valence-electron chi connectivity index (χ0n) is 14.1. The van der Waals surface area contributed by atoms with Crippen LogP contribution in [0.2, 0.25) is 0 Å². The van der Waals surface area contributed by atoms with Gasteiger partial charge in [0.1, 0.15) is 12.4 Å². The first-order valence-electron chi connectivity index (χ1n) is 8.92. The van der Waals surface area contributed by atoms with Gasteiger partial charge in [0.25, 0.3) is 0 Å². The Morgan fingerprint density at radius 3 is 2.62 bits per heavy atom. The van der Waals surface area contributed by atoms with Crippen LogP contribution >= 0.6 is 0 Å². The van der Waals surface area contributed by atoms with E-state index in [9.17, 15) is 4.39 Å². The van der Waals surface area contributed by atoms with Gasteiger partial charge in [0.2, 0.25) is 5.88 Å². The number of ether oxygens (including phenoxy) is 1. The van der Waals surface area contributed by atoms with Crippen molar-refractivity contribution < 1.29 is 9.13 Å². The molecule has 2 saturated carbocycles. The van der Waals surface area contributed by atoms with Crippen LogP contribution in [0.5, 0.6) is 5.88 Å². The second-order valence-corrected chi connectivity index (χ2v) is 7.09. The summed E-state index contributed by atoms with van der Waals surface area (Å²) in [5.41, 5.74) is 0.988. The molecule has 26 heavy (non-hydrogen) atoms. The molecule has 3 heterocycles. The molecule has 8 heteroatoms. The molecule has 0 spiro atoms. The minimum Gasteiger partial charge on any atom is -0.474 e. The van der Waals surface area contributed by atoms with Crippen molar-refractivity contribution in [3.05, 3.63) is 54.8 Å². The third-order valence-corrected chi connectivity index (χ3v) is 5.40. The number of hydrogen-bond acceptors (Lipinski definition) is 5. The molecular weight excluding hydrogens is 335 g/mol. The van der Waals surface area contributed by atoms with Gasteiger partial charge in [0, 0.05) is 37.2 Å². The second kappa shape index (κ2) is 6.19. The van der Waals surface area contributed by atoms with Gasteiger partial charge >= 0.3 is 0 Å². The van der Waals surface area contributed by atoms with E-state index in [1.807, 2.05) is 23.0 Å². The van der Waals surface area contributed by atoms with Crippen LogP contribution in [0.3, 0.4) is 0 Å². The number of aromatic nitrogens is 6. The summed E-state index contributed by atoms with van der Waals surface area (Å²) in [6.07, 6.45) is 11.9. The van der Waals surface area contributed by atoms with Gasteiger partial charge in [-0.25, -0.2) is 14.4 Å². The van der Waals surface area contributed by atoms with Crippen LogP contribution in [0.4, 0.5) is 4.39 Å². The van der Waals surface area contributed by atoms with Gasteiger partial charge in [0.05, 0.1) is 30.2 Å². The maximum Gasteiger partial charge on any atom is 0.216 e. The molecule has 2 aliphatic carbocycles. The van der Waals surface area contributed by atoms with Gasteiger partial charge < -0.3 is 4.74 Å². The lowest BCUT2D eigenvalue weighted by atomic mass is 9.78. The van der Waals surface area contributed by atoms with Gasteiger partial charge in [-0.3, -0.25) is 9.36 Å². The highest BCUT2D eigenvalue weighted by Crippen LogP contribution is 2.44. The Balaban J connectivity index is 1.17. The van der Waals surface area contributed by atoms with Crippen molar-refractivity contribution in [3.8, 4) is 5.88 Å². The van der Waals surface area contributed by atoms with Gasteiger partial charge in [-0.1, -0.05) is 0 Å². The van der Waals surface area contributed by atoms with Gasteiger partial charge in [0.15, 0.2) is 5.82 Å². The summed E-state index contributed by atoms with van der Waals surface area (Å²) < 4.78 is 22.8. The van der Waals surface area contributed by atoms with Crippen LogP contribution in [0, 0.1) is 5.82 Å². The van der Waals surface area contributed by atoms with Crippen molar-refractivity contribution >= 4 is 0 Å². The fourth-order valence-corrected chi connectivity index (χ4v) is 3.72. The van der Waals surface area contributed by atoms with E-state index in [1.54, 1.807) is 17.2 Å². The molecule has 3 aromatic heterocycles. The van der Waals surface area contributed by atoms with Crippen molar-refractivity contribution in [3.63, 3.8) is 0 Å².